The zero-order valence-corrected chi connectivity index (χ0v) is 9.80. The summed E-state index contributed by atoms with van der Waals surface area (Å²) < 4.78 is 18.0. The van der Waals surface area contributed by atoms with Gasteiger partial charge in [0.05, 0.1) is 13.3 Å². The van der Waals surface area contributed by atoms with E-state index in [4.69, 9.17) is 9.94 Å². The Morgan fingerprint density at radius 2 is 1.78 bits per heavy atom. The molecule has 2 aromatic rings. The molecule has 0 saturated carbocycles. The lowest BCUT2D eigenvalue weighted by Gasteiger charge is -2.07. The summed E-state index contributed by atoms with van der Waals surface area (Å²) in [6.45, 7) is 0. The van der Waals surface area contributed by atoms with Crippen LogP contribution in [0.4, 0.5) is 4.39 Å². The van der Waals surface area contributed by atoms with E-state index in [0.29, 0.717) is 11.3 Å². The van der Waals surface area contributed by atoms with Gasteiger partial charge in [-0.3, -0.25) is 0 Å². The second-order valence-corrected chi connectivity index (χ2v) is 3.71. The van der Waals surface area contributed by atoms with Crippen molar-refractivity contribution in [2.24, 2.45) is 5.16 Å². The third-order valence-electron chi connectivity index (χ3n) is 2.60. The van der Waals surface area contributed by atoms with Crippen LogP contribution in [0.3, 0.4) is 0 Å². The first-order valence-electron chi connectivity index (χ1n) is 5.36. The fourth-order valence-electron chi connectivity index (χ4n) is 1.72. The van der Waals surface area contributed by atoms with E-state index in [0.717, 1.165) is 11.1 Å². The van der Waals surface area contributed by atoms with E-state index in [1.807, 2.05) is 12.1 Å². The van der Waals surface area contributed by atoms with Gasteiger partial charge in [-0.2, -0.15) is 0 Å². The molecule has 0 amide bonds. The molecule has 18 heavy (non-hydrogen) atoms. The van der Waals surface area contributed by atoms with Crippen molar-refractivity contribution < 1.29 is 14.3 Å². The molecule has 92 valence electrons. The zero-order valence-electron chi connectivity index (χ0n) is 9.80. The topological polar surface area (TPSA) is 41.8 Å². The van der Waals surface area contributed by atoms with Crippen LogP contribution in [0.5, 0.6) is 5.75 Å². The van der Waals surface area contributed by atoms with Gasteiger partial charge in [0.15, 0.2) is 0 Å². The minimum Gasteiger partial charge on any atom is -0.496 e. The monoisotopic (exact) mass is 245 g/mol. The maximum Gasteiger partial charge on any atom is 0.127 e. The van der Waals surface area contributed by atoms with E-state index in [1.165, 1.54) is 18.3 Å². The average Bonchev–Trinajstić information content (AvgIpc) is 2.40. The SMILES string of the molecule is COc1ccc(-c2ccc(F)cc2)cc1C=NO. The fourth-order valence-corrected chi connectivity index (χ4v) is 1.72. The molecule has 0 aliphatic rings. The van der Waals surface area contributed by atoms with Crippen LogP contribution < -0.4 is 4.74 Å². The van der Waals surface area contributed by atoms with Crippen molar-refractivity contribution in [1.82, 2.24) is 0 Å². The molecule has 0 bridgehead atoms. The molecule has 3 nitrogen and oxygen atoms in total. The number of hydrogen-bond acceptors (Lipinski definition) is 3. The van der Waals surface area contributed by atoms with Crippen LogP contribution in [0, 0.1) is 5.82 Å². The Bertz CT molecular complexity index is 565. The second kappa shape index (κ2) is 5.31. The Morgan fingerprint density at radius 3 is 2.39 bits per heavy atom. The lowest BCUT2D eigenvalue weighted by Crippen LogP contribution is -1.92. The summed E-state index contributed by atoms with van der Waals surface area (Å²) in [7, 11) is 1.54. The third kappa shape index (κ3) is 2.48. The predicted octanol–water partition coefficient (Wildman–Crippen LogP) is 3.31. The van der Waals surface area contributed by atoms with Gasteiger partial charge >= 0.3 is 0 Å². The van der Waals surface area contributed by atoms with Gasteiger partial charge in [-0.25, -0.2) is 4.39 Å². The maximum absolute atomic E-state index is 12.8. The van der Waals surface area contributed by atoms with Crippen molar-refractivity contribution in [1.29, 1.82) is 0 Å². The Hall–Kier alpha value is -2.36. The molecule has 2 rings (SSSR count). The van der Waals surface area contributed by atoms with E-state index < -0.39 is 0 Å². The van der Waals surface area contributed by atoms with Gasteiger partial charge in [0.2, 0.25) is 0 Å². The molecule has 1 N–H and O–H groups in total. The predicted molar refractivity (Wildman–Crippen MR) is 67.8 cm³/mol. The smallest absolute Gasteiger partial charge is 0.127 e. The summed E-state index contributed by atoms with van der Waals surface area (Å²) in [5.41, 5.74) is 2.43. The number of oxime groups is 1. The average molecular weight is 245 g/mol. The van der Waals surface area contributed by atoms with E-state index in [2.05, 4.69) is 5.16 Å². The highest BCUT2D eigenvalue weighted by Gasteiger charge is 2.04. The van der Waals surface area contributed by atoms with Crippen LogP contribution >= 0.6 is 0 Å². The molecule has 4 heteroatoms. The Labute approximate surface area is 104 Å². The van der Waals surface area contributed by atoms with Gasteiger partial charge in [0.1, 0.15) is 11.6 Å². The summed E-state index contributed by atoms with van der Waals surface area (Å²) >= 11 is 0. The molecule has 0 heterocycles. The van der Waals surface area contributed by atoms with Crippen molar-refractivity contribution in [3.05, 3.63) is 53.8 Å². The first kappa shape index (κ1) is 12.1. The van der Waals surface area contributed by atoms with Crippen LogP contribution in [0.25, 0.3) is 11.1 Å². The highest BCUT2D eigenvalue weighted by Crippen LogP contribution is 2.25. The number of benzene rings is 2. The maximum atomic E-state index is 12.8. The molecule has 0 unspecified atom stereocenters. The summed E-state index contributed by atoms with van der Waals surface area (Å²) in [4.78, 5) is 0. The molecule has 0 atom stereocenters. The first-order chi connectivity index (χ1) is 8.74. The van der Waals surface area contributed by atoms with E-state index in [9.17, 15) is 4.39 Å². The van der Waals surface area contributed by atoms with E-state index in [-0.39, 0.29) is 5.82 Å². The lowest BCUT2D eigenvalue weighted by molar-refractivity contribution is 0.321. The second-order valence-electron chi connectivity index (χ2n) is 3.71. The molecular formula is C14H12FNO2. The van der Waals surface area contributed by atoms with Crippen LogP contribution in [0.1, 0.15) is 5.56 Å². The van der Waals surface area contributed by atoms with Crippen LogP contribution in [0.2, 0.25) is 0 Å². The highest BCUT2D eigenvalue weighted by atomic mass is 19.1. The van der Waals surface area contributed by atoms with Gasteiger partial charge in [0.25, 0.3) is 0 Å². The van der Waals surface area contributed by atoms with Crippen molar-refractivity contribution in [2.75, 3.05) is 7.11 Å². The van der Waals surface area contributed by atoms with E-state index >= 15 is 0 Å². The van der Waals surface area contributed by atoms with Crippen LogP contribution in [-0.2, 0) is 0 Å². The molecular weight excluding hydrogens is 233 g/mol. The minimum absolute atomic E-state index is 0.274. The normalized spacial score (nSPS) is 10.8. The summed E-state index contributed by atoms with van der Waals surface area (Å²) in [5, 5.41) is 11.6. The largest absolute Gasteiger partial charge is 0.496 e. The fraction of sp³-hybridized carbons (Fsp3) is 0.0714. The highest BCUT2D eigenvalue weighted by molar-refractivity contribution is 5.86. The van der Waals surface area contributed by atoms with Gasteiger partial charge in [-0.1, -0.05) is 23.4 Å². The zero-order chi connectivity index (χ0) is 13.0. The molecule has 0 spiro atoms. The first-order valence-corrected chi connectivity index (χ1v) is 5.36. The lowest BCUT2D eigenvalue weighted by atomic mass is 10.0. The van der Waals surface area contributed by atoms with Gasteiger partial charge in [-0.05, 0) is 35.4 Å². The van der Waals surface area contributed by atoms with Crippen molar-refractivity contribution in [3.8, 4) is 16.9 Å². The minimum atomic E-state index is -0.274. The summed E-state index contributed by atoms with van der Waals surface area (Å²) in [5.74, 6) is 0.336. The van der Waals surface area contributed by atoms with Gasteiger partial charge in [0, 0.05) is 5.56 Å². The number of ether oxygens (including phenoxy) is 1. The number of rotatable bonds is 3. The third-order valence-corrected chi connectivity index (χ3v) is 2.60. The number of methoxy groups -OCH3 is 1. The molecule has 0 aliphatic heterocycles. The Kier molecular flexibility index (Phi) is 3.57. The standard InChI is InChI=1S/C14H12FNO2/c1-18-14-7-4-11(8-12(14)9-16-17)10-2-5-13(15)6-3-10/h2-9,17H,1H3. The molecule has 0 aliphatic carbocycles. The molecule has 0 radical (unpaired) electrons. The van der Waals surface area contributed by atoms with Crippen molar-refractivity contribution >= 4 is 6.21 Å². The summed E-state index contributed by atoms with van der Waals surface area (Å²) in [6, 6.07) is 11.6. The van der Waals surface area contributed by atoms with Crippen LogP contribution in [-0.4, -0.2) is 18.5 Å². The number of nitrogens with zero attached hydrogens (tertiary/aromatic N) is 1. The molecule has 0 saturated heterocycles. The van der Waals surface area contributed by atoms with E-state index in [1.54, 1.807) is 25.3 Å². The molecule has 0 fully saturated rings. The van der Waals surface area contributed by atoms with Crippen molar-refractivity contribution in [3.63, 3.8) is 0 Å². The molecule has 0 aromatic heterocycles. The van der Waals surface area contributed by atoms with Crippen LogP contribution in [0.15, 0.2) is 47.6 Å². The molecule has 2 aromatic carbocycles. The number of halogens is 1. The quantitative estimate of drug-likeness (QED) is 0.512. The summed E-state index contributed by atoms with van der Waals surface area (Å²) in [6.07, 6.45) is 1.30. The Morgan fingerprint density at radius 1 is 1.11 bits per heavy atom. The van der Waals surface area contributed by atoms with Gasteiger partial charge in [-0.15, -0.1) is 0 Å². The number of hydrogen-bond donors (Lipinski definition) is 1. The Balaban J connectivity index is 2.46. The van der Waals surface area contributed by atoms with Gasteiger partial charge < -0.3 is 9.94 Å². The van der Waals surface area contributed by atoms with Crippen molar-refractivity contribution in [2.45, 2.75) is 0 Å².